The fourth-order valence-corrected chi connectivity index (χ4v) is 3.15. The molecule has 0 spiro atoms. The van der Waals surface area contributed by atoms with E-state index in [0.717, 1.165) is 11.3 Å². The number of carbonyl (C=O) groups is 3. The molecule has 1 aromatic heterocycles. The maximum absolute atomic E-state index is 12.6. The topological polar surface area (TPSA) is 115 Å². The second kappa shape index (κ2) is 10.8. The Kier molecular flexibility index (Phi) is 8.14. The van der Waals surface area contributed by atoms with Gasteiger partial charge in [0.1, 0.15) is 16.6 Å². The number of benzene rings is 1. The Balaban J connectivity index is 2.27. The molecule has 1 heterocycles. The van der Waals surface area contributed by atoms with Crippen LogP contribution in [0.25, 0.3) is 6.08 Å². The van der Waals surface area contributed by atoms with E-state index in [2.05, 4.69) is 5.32 Å². The lowest BCUT2D eigenvalue weighted by molar-refractivity contribution is -0.132. The molecule has 1 amide bonds. The van der Waals surface area contributed by atoms with Crippen molar-refractivity contribution < 1.29 is 28.6 Å². The first-order valence-corrected chi connectivity index (χ1v) is 9.90. The SMILES string of the molecule is CCOC(=O)c1ccsc1NC(=O)C(C#N)=Cc1ccc(OC(C)=O)c(OCC)c1. The Labute approximate surface area is 177 Å². The highest BCUT2D eigenvalue weighted by atomic mass is 32.1. The van der Waals surface area contributed by atoms with Crippen LogP contribution in [0.2, 0.25) is 0 Å². The summed E-state index contributed by atoms with van der Waals surface area (Å²) >= 11 is 1.15. The fraction of sp³-hybridized carbons (Fsp3) is 0.238. The Bertz CT molecular complexity index is 1020. The predicted molar refractivity (Wildman–Crippen MR) is 111 cm³/mol. The highest BCUT2D eigenvalue weighted by molar-refractivity contribution is 7.14. The molecule has 2 rings (SSSR count). The van der Waals surface area contributed by atoms with Crippen LogP contribution in [0.5, 0.6) is 11.5 Å². The average molecular weight is 428 g/mol. The molecule has 8 nitrogen and oxygen atoms in total. The van der Waals surface area contributed by atoms with Crippen molar-refractivity contribution >= 4 is 40.3 Å². The van der Waals surface area contributed by atoms with E-state index in [-0.39, 0.29) is 23.5 Å². The lowest BCUT2D eigenvalue weighted by atomic mass is 10.1. The van der Waals surface area contributed by atoms with Gasteiger partial charge in [0.05, 0.1) is 18.8 Å². The number of rotatable bonds is 8. The second-order valence-electron chi connectivity index (χ2n) is 5.74. The van der Waals surface area contributed by atoms with Gasteiger partial charge in [-0.25, -0.2) is 4.79 Å². The van der Waals surface area contributed by atoms with Gasteiger partial charge in [-0.05, 0) is 49.1 Å². The molecule has 0 saturated carbocycles. The first-order valence-electron chi connectivity index (χ1n) is 9.02. The summed E-state index contributed by atoms with van der Waals surface area (Å²) in [5, 5.41) is 13.9. The number of nitrogens with one attached hydrogen (secondary N) is 1. The highest BCUT2D eigenvalue weighted by Crippen LogP contribution is 2.30. The molecular formula is C21H20N2O6S. The fourth-order valence-electron chi connectivity index (χ4n) is 2.38. The molecule has 0 radical (unpaired) electrons. The van der Waals surface area contributed by atoms with E-state index in [1.54, 1.807) is 31.4 Å². The first kappa shape index (κ1) is 22.6. The zero-order valence-corrected chi connectivity index (χ0v) is 17.5. The molecule has 30 heavy (non-hydrogen) atoms. The van der Waals surface area contributed by atoms with Crippen LogP contribution in [0.1, 0.15) is 36.7 Å². The Hall–Kier alpha value is -3.64. The van der Waals surface area contributed by atoms with Crippen LogP contribution in [0, 0.1) is 11.3 Å². The summed E-state index contributed by atoms with van der Waals surface area (Å²) < 4.78 is 15.5. The van der Waals surface area contributed by atoms with E-state index in [1.807, 2.05) is 6.07 Å². The number of hydrogen-bond donors (Lipinski definition) is 1. The molecule has 0 fully saturated rings. The minimum Gasteiger partial charge on any atom is -0.490 e. The summed E-state index contributed by atoms with van der Waals surface area (Å²) in [6.45, 7) is 5.27. The molecule has 0 bridgehead atoms. The van der Waals surface area contributed by atoms with E-state index in [0.29, 0.717) is 22.9 Å². The zero-order valence-electron chi connectivity index (χ0n) is 16.7. The molecule has 0 unspecified atom stereocenters. The van der Waals surface area contributed by atoms with Crippen LogP contribution < -0.4 is 14.8 Å². The normalized spacial score (nSPS) is 10.7. The van der Waals surface area contributed by atoms with Crippen LogP contribution in [-0.4, -0.2) is 31.1 Å². The van der Waals surface area contributed by atoms with Crippen molar-refractivity contribution in [2.75, 3.05) is 18.5 Å². The number of thiophene rings is 1. The van der Waals surface area contributed by atoms with Crippen LogP contribution in [0.4, 0.5) is 5.00 Å². The number of hydrogen-bond acceptors (Lipinski definition) is 8. The van der Waals surface area contributed by atoms with Crippen LogP contribution in [0.15, 0.2) is 35.2 Å². The molecule has 0 aliphatic rings. The van der Waals surface area contributed by atoms with Crippen molar-refractivity contribution in [2.45, 2.75) is 20.8 Å². The standard InChI is InChI=1S/C21H20N2O6S/c1-4-27-18-11-14(6-7-17(18)29-13(3)24)10-15(12-22)19(25)23-20-16(8-9-30-20)21(26)28-5-2/h6-11H,4-5H2,1-3H3,(H,23,25). The number of ether oxygens (including phenoxy) is 3. The van der Waals surface area contributed by atoms with Crippen molar-refractivity contribution in [3.05, 3.63) is 46.3 Å². The number of nitrogens with zero attached hydrogens (tertiary/aromatic N) is 1. The minimum absolute atomic E-state index is 0.180. The number of amides is 1. The first-order chi connectivity index (χ1) is 14.4. The van der Waals surface area contributed by atoms with E-state index in [4.69, 9.17) is 14.2 Å². The third kappa shape index (κ3) is 5.93. The number of esters is 2. The van der Waals surface area contributed by atoms with Crippen LogP contribution in [-0.2, 0) is 14.3 Å². The molecule has 1 N–H and O–H groups in total. The quantitative estimate of drug-likeness (QED) is 0.294. The summed E-state index contributed by atoms with van der Waals surface area (Å²) in [4.78, 5) is 35.7. The van der Waals surface area contributed by atoms with E-state index in [1.165, 1.54) is 25.1 Å². The maximum Gasteiger partial charge on any atom is 0.341 e. The van der Waals surface area contributed by atoms with E-state index >= 15 is 0 Å². The van der Waals surface area contributed by atoms with Crippen molar-refractivity contribution in [1.29, 1.82) is 5.26 Å². The number of nitriles is 1. The molecule has 0 saturated heterocycles. The lowest BCUT2D eigenvalue weighted by Gasteiger charge is -2.10. The third-order valence-electron chi connectivity index (χ3n) is 3.59. The molecule has 2 aromatic rings. The Morgan fingerprint density at radius 2 is 1.93 bits per heavy atom. The van der Waals surface area contributed by atoms with Gasteiger partial charge in [0, 0.05) is 6.92 Å². The van der Waals surface area contributed by atoms with E-state index < -0.39 is 17.8 Å². The van der Waals surface area contributed by atoms with Crippen molar-refractivity contribution in [2.24, 2.45) is 0 Å². The van der Waals surface area contributed by atoms with Gasteiger partial charge in [0.15, 0.2) is 11.5 Å². The molecule has 0 aliphatic carbocycles. The van der Waals surface area contributed by atoms with Gasteiger partial charge in [-0.15, -0.1) is 11.3 Å². The summed E-state index contributed by atoms with van der Waals surface area (Å²) in [7, 11) is 0. The number of anilines is 1. The van der Waals surface area contributed by atoms with Gasteiger partial charge in [-0.2, -0.15) is 5.26 Å². The lowest BCUT2D eigenvalue weighted by Crippen LogP contribution is -2.15. The van der Waals surface area contributed by atoms with Gasteiger partial charge >= 0.3 is 11.9 Å². The van der Waals surface area contributed by atoms with Crippen LogP contribution >= 0.6 is 11.3 Å². The second-order valence-corrected chi connectivity index (χ2v) is 6.66. The average Bonchev–Trinajstić information content (AvgIpc) is 3.16. The van der Waals surface area contributed by atoms with Crippen molar-refractivity contribution in [3.63, 3.8) is 0 Å². The zero-order chi connectivity index (χ0) is 22.1. The summed E-state index contributed by atoms with van der Waals surface area (Å²) in [5.74, 6) is -1.18. The maximum atomic E-state index is 12.6. The van der Waals surface area contributed by atoms with Gasteiger partial charge in [0.25, 0.3) is 5.91 Å². The van der Waals surface area contributed by atoms with Crippen molar-refractivity contribution in [3.8, 4) is 17.6 Å². The summed E-state index contributed by atoms with van der Waals surface area (Å²) in [6.07, 6.45) is 1.37. The van der Waals surface area contributed by atoms with Crippen molar-refractivity contribution in [1.82, 2.24) is 0 Å². The molecule has 0 aliphatic heterocycles. The monoisotopic (exact) mass is 428 g/mol. The Morgan fingerprint density at radius 1 is 1.17 bits per heavy atom. The smallest absolute Gasteiger partial charge is 0.341 e. The minimum atomic E-state index is -0.674. The van der Waals surface area contributed by atoms with Gasteiger partial charge in [-0.1, -0.05) is 6.07 Å². The van der Waals surface area contributed by atoms with Crippen LogP contribution in [0.3, 0.4) is 0 Å². The van der Waals surface area contributed by atoms with Gasteiger partial charge in [-0.3, -0.25) is 9.59 Å². The Morgan fingerprint density at radius 3 is 2.57 bits per heavy atom. The summed E-state index contributed by atoms with van der Waals surface area (Å²) in [6, 6.07) is 8.04. The molecule has 156 valence electrons. The highest BCUT2D eigenvalue weighted by Gasteiger charge is 2.18. The molecule has 0 atom stereocenters. The van der Waals surface area contributed by atoms with Gasteiger partial charge < -0.3 is 19.5 Å². The molecular weight excluding hydrogens is 408 g/mol. The molecule has 1 aromatic carbocycles. The number of carbonyl (C=O) groups excluding carboxylic acids is 3. The molecule has 9 heteroatoms. The summed E-state index contributed by atoms with van der Waals surface area (Å²) in [5.41, 5.74) is 0.538. The largest absolute Gasteiger partial charge is 0.490 e. The van der Waals surface area contributed by atoms with E-state index in [9.17, 15) is 19.6 Å². The van der Waals surface area contributed by atoms with Gasteiger partial charge in [0.2, 0.25) is 0 Å². The predicted octanol–water partition coefficient (Wildman–Crippen LogP) is 3.79. The third-order valence-corrected chi connectivity index (χ3v) is 4.41.